The van der Waals surface area contributed by atoms with Crippen LogP contribution in [0.5, 0.6) is 0 Å². The summed E-state index contributed by atoms with van der Waals surface area (Å²) in [6.07, 6.45) is 3.68. The third-order valence-electron chi connectivity index (χ3n) is 3.70. The molecule has 92 valence electrons. The van der Waals surface area contributed by atoms with Gasteiger partial charge in [-0.1, -0.05) is 6.92 Å². The lowest BCUT2D eigenvalue weighted by molar-refractivity contribution is -0.130. The first-order valence-corrected chi connectivity index (χ1v) is 7.52. The van der Waals surface area contributed by atoms with Crippen molar-refractivity contribution in [2.24, 2.45) is 5.92 Å². The largest absolute Gasteiger partial charge is 0.326 e. The van der Waals surface area contributed by atoms with Crippen molar-refractivity contribution in [3.8, 4) is 0 Å². The molecule has 4 heteroatoms. The van der Waals surface area contributed by atoms with Crippen LogP contribution in [-0.4, -0.2) is 41.1 Å². The maximum Gasteiger partial charge on any atom is 0.241 e. The van der Waals surface area contributed by atoms with E-state index >= 15 is 0 Å². The van der Waals surface area contributed by atoms with Gasteiger partial charge in [0.05, 0.1) is 12.2 Å². The Bertz CT molecular complexity index is 253. The van der Waals surface area contributed by atoms with Crippen LogP contribution in [0, 0.1) is 5.92 Å². The molecule has 1 amide bonds. The number of nitrogens with one attached hydrogen (secondary N) is 1. The van der Waals surface area contributed by atoms with E-state index < -0.39 is 0 Å². The lowest BCUT2D eigenvalue weighted by Gasteiger charge is -2.29. The molecule has 2 heterocycles. The summed E-state index contributed by atoms with van der Waals surface area (Å²) in [6, 6.07) is 0.0629. The van der Waals surface area contributed by atoms with Gasteiger partial charge < -0.3 is 4.90 Å². The SMILES string of the molecule is CCC1NC(C)N(CC2CCSCC2)C1=O. The Labute approximate surface area is 102 Å². The highest BCUT2D eigenvalue weighted by molar-refractivity contribution is 7.99. The summed E-state index contributed by atoms with van der Waals surface area (Å²) in [7, 11) is 0. The average Bonchev–Trinajstić information content (AvgIpc) is 2.58. The number of carbonyl (C=O) groups excluding carboxylic acids is 1. The van der Waals surface area contributed by atoms with Gasteiger partial charge in [-0.2, -0.15) is 11.8 Å². The van der Waals surface area contributed by atoms with E-state index in [0.717, 1.165) is 18.9 Å². The summed E-state index contributed by atoms with van der Waals surface area (Å²) in [5, 5.41) is 3.36. The molecule has 2 aliphatic heterocycles. The van der Waals surface area contributed by atoms with Crippen LogP contribution in [0.25, 0.3) is 0 Å². The fourth-order valence-corrected chi connectivity index (χ4v) is 3.80. The van der Waals surface area contributed by atoms with Crippen molar-refractivity contribution in [1.29, 1.82) is 0 Å². The van der Waals surface area contributed by atoms with E-state index in [2.05, 4.69) is 24.1 Å². The zero-order valence-electron chi connectivity index (χ0n) is 10.2. The van der Waals surface area contributed by atoms with E-state index in [1.165, 1.54) is 24.3 Å². The van der Waals surface area contributed by atoms with E-state index in [0.29, 0.717) is 5.91 Å². The number of amides is 1. The zero-order chi connectivity index (χ0) is 11.5. The van der Waals surface area contributed by atoms with Crippen LogP contribution in [0.2, 0.25) is 0 Å². The van der Waals surface area contributed by atoms with Crippen molar-refractivity contribution < 1.29 is 4.79 Å². The predicted molar refractivity (Wildman–Crippen MR) is 68.4 cm³/mol. The molecule has 2 atom stereocenters. The molecular formula is C12H22N2OS. The Morgan fingerprint density at radius 3 is 2.69 bits per heavy atom. The maximum atomic E-state index is 12.1. The van der Waals surface area contributed by atoms with Crippen molar-refractivity contribution in [2.45, 2.75) is 45.3 Å². The third kappa shape index (κ3) is 2.54. The molecule has 0 aromatic carbocycles. The molecule has 2 rings (SSSR count). The second-order valence-corrected chi connectivity index (χ2v) is 6.07. The minimum Gasteiger partial charge on any atom is -0.326 e. The van der Waals surface area contributed by atoms with Crippen LogP contribution in [0.4, 0.5) is 0 Å². The fraction of sp³-hybridized carbons (Fsp3) is 0.917. The molecule has 2 saturated heterocycles. The van der Waals surface area contributed by atoms with Crippen molar-refractivity contribution in [1.82, 2.24) is 10.2 Å². The van der Waals surface area contributed by atoms with Gasteiger partial charge in [-0.3, -0.25) is 10.1 Å². The first-order valence-electron chi connectivity index (χ1n) is 6.36. The molecule has 0 aromatic rings. The van der Waals surface area contributed by atoms with Gasteiger partial charge in [0.1, 0.15) is 0 Å². The summed E-state index contributed by atoms with van der Waals surface area (Å²) < 4.78 is 0. The van der Waals surface area contributed by atoms with Crippen LogP contribution in [0.1, 0.15) is 33.1 Å². The summed E-state index contributed by atoms with van der Waals surface area (Å²) in [5.41, 5.74) is 0. The highest BCUT2D eigenvalue weighted by Gasteiger charge is 2.36. The van der Waals surface area contributed by atoms with Gasteiger partial charge in [0.25, 0.3) is 0 Å². The highest BCUT2D eigenvalue weighted by atomic mass is 32.2. The van der Waals surface area contributed by atoms with Gasteiger partial charge in [-0.25, -0.2) is 0 Å². The lowest BCUT2D eigenvalue weighted by Crippen LogP contribution is -2.39. The van der Waals surface area contributed by atoms with Gasteiger partial charge in [0, 0.05) is 6.54 Å². The van der Waals surface area contributed by atoms with Crippen molar-refractivity contribution in [3.63, 3.8) is 0 Å². The number of hydrogen-bond donors (Lipinski definition) is 1. The zero-order valence-corrected chi connectivity index (χ0v) is 11.1. The molecule has 0 radical (unpaired) electrons. The molecule has 2 fully saturated rings. The van der Waals surface area contributed by atoms with E-state index in [1.807, 2.05) is 11.8 Å². The van der Waals surface area contributed by atoms with Crippen molar-refractivity contribution in [2.75, 3.05) is 18.1 Å². The molecular weight excluding hydrogens is 220 g/mol. The Kier molecular flexibility index (Phi) is 4.14. The molecule has 0 aromatic heterocycles. The molecule has 2 unspecified atom stereocenters. The lowest BCUT2D eigenvalue weighted by atomic mass is 10.0. The van der Waals surface area contributed by atoms with Gasteiger partial charge in [0.2, 0.25) is 5.91 Å². The summed E-state index contributed by atoms with van der Waals surface area (Å²) in [6.45, 7) is 5.14. The van der Waals surface area contributed by atoms with Crippen molar-refractivity contribution >= 4 is 17.7 Å². The van der Waals surface area contributed by atoms with E-state index in [-0.39, 0.29) is 12.2 Å². The molecule has 0 spiro atoms. The number of rotatable bonds is 3. The average molecular weight is 242 g/mol. The Morgan fingerprint density at radius 2 is 2.12 bits per heavy atom. The molecule has 16 heavy (non-hydrogen) atoms. The highest BCUT2D eigenvalue weighted by Crippen LogP contribution is 2.25. The Balaban J connectivity index is 1.90. The number of thioether (sulfide) groups is 1. The molecule has 0 bridgehead atoms. The molecule has 1 N–H and O–H groups in total. The third-order valence-corrected chi connectivity index (χ3v) is 4.74. The van der Waals surface area contributed by atoms with Crippen LogP contribution in [0.3, 0.4) is 0 Å². The topological polar surface area (TPSA) is 32.3 Å². The molecule has 3 nitrogen and oxygen atoms in total. The van der Waals surface area contributed by atoms with Gasteiger partial charge in [-0.05, 0) is 43.6 Å². The number of carbonyl (C=O) groups is 1. The van der Waals surface area contributed by atoms with Gasteiger partial charge >= 0.3 is 0 Å². The van der Waals surface area contributed by atoms with E-state index in [9.17, 15) is 4.79 Å². The molecule has 0 saturated carbocycles. The van der Waals surface area contributed by atoms with Gasteiger partial charge in [0.15, 0.2) is 0 Å². The normalized spacial score (nSPS) is 32.4. The number of nitrogens with zero attached hydrogens (tertiary/aromatic N) is 1. The summed E-state index contributed by atoms with van der Waals surface area (Å²) in [4.78, 5) is 14.1. The van der Waals surface area contributed by atoms with Crippen molar-refractivity contribution in [3.05, 3.63) is 0 Å². The second-order valence-electron chi connectivity index (χ2n) is 4.85. The quantitative estimate of drug-likeness (QED) is 0.817. The van der Waals surface area contributed by atoms with E-state index in [1.54, 1.807) is 0 Å². The summed E-state index contributed by atoms with van der Waals surface area (Å²) in [5.74, 6) is 3.58. The molecule has 0 aliphatic carbocycles. The minimum absolute atomic E-state index is 0.0629. The van der Waals surface area contributed by atoms with Crippen LogP contribution in [-0.2, 0) is 4.79 Å². The van der Waals surface area contributed by atoms with Crippen LogP contribution >= 0.6 is 11.8 Å². The minimum atomic E-state index is 0.0629. The fourth-order valence-electron chi connectivity index (χ4n) is 2.59. The smallest absolute Gasteiger partial charge is 0.241 e. The first kappa shape index (κ1) is 12.2. The standard InChI is InChI=1S/C12H22N2OS/c1-3-11-12(15)14(9(2)13-11)8-10-4-6-16-7-5-10/h9-11,13H,3-8H2,1-2H3. The summed E-state index contributed by atoms with van der Waals surface area (Å²) >= 11 is 2.04. The predicted octanol–water partition coefficient (Wildman–Crippen LogP) is 1.69. The molecule has 2 aliphatic rings. The maximum absolute atomic E-state index is 12.1. The Hall–Kier alpha value is -0.220. The number of hydrogen-bond acceptors (Lipinski definition) is 3. The van der Waals surface area contributed by atoms with E-state index in [4.69, 9.17) is 0 Å². The van der Waals surface area contributed by atoms with Crippen LogP contribution in [0.15, 0.2) is 0 Å². The van der Waals surface area contributed by atoms with Gasteiger partial charge in [-0.15, -0.1) is 0 Å². The first-order chi connectivity index (χ1) is 7.72. The van der Waals surface area contributed by atoms with Crippen LogP contribution < -0.4 is 5.32 Å². The second kappa shape index (κ2) is 5.41. The monoisotopic (exact) mass is 242 g/mol. The Morgan fingerprint density at radius 1 is 1.44 bits per heavy atom.